The van der Waals surface area contributed by atoms with Crippen LogP contribution >= 0.6 is 15.9 Å². The number of nitrogens with zero attached hydrogens (tertiary/aromatic N) is 4. The summed E-state index contributed by atoms with van der Waals surface area (Å²) in [5.41, 5.74) is 3.93. The van der Waals surface area contributed by atoms with Crippen LogP contribution in [0.25, 0.3) is 33.8 Å². The van der Waals surface area contributed by atoms with Crippen LogP contribution in [0, 0.1) is 0 Å². The fourth-order valence-electron chi connectivity index (χ4n) is 3.12. The van der Waals surface area contributed by atoms with E-state index in [2.05, 4.69) is 80.7 Å². The van der Waals surface area contributed by atoms with Gasteiger partial charge in [-0.15, -0.1) is 0 Å². The first kappa shape index (κ1) is 16.0. The largest absolute Gasteiger partial charge is 0.319 e. The molecule has 2 aromatic heterocycles. The van der Waals surface area contributed by atoms with E-state index in [0.717, 1.165) is 32.5 Å². The van der Waals surface area contributed by atoms with Crippen molar-refractivity contribution in [1.29, 1.82) is 0 Å². The molecule has 25 heavy (non-hydrogen) atoms. The maximum absolute atomic E-state index is 4.95. The van der Waals surface area contributed by atoms with Gasteiger partial charge in [-0.25, -0.2) is 9.97 Å². The molecule has 0 fully saturated rings. The van der Waals surface area contributed by atoms with Crippen LogP contribution in [0.2, 0.25) is 0 Å². The number of halogens is 1. The van der Waals surface area contributed by atoms with Crippen LogP contribution in [0.3, 0.4) is 0 Å². The Kier molecular flexibility index (Phi) is 3.72. The summed E-state index contributed by atoms with van der Waals surface area (Å²) in [6.07, 6.45) is 1.59. The number of imidazole rings is 1. The smallest absolute Gasteiger partial charge is 0.181 e. The lowest BCUT2D eigenvalue weighted by atomic mass is 10.0. The highest BCUT2D eigenvalue weighted by atomic mass is 79.9. The second-order valence-corrected chi connectivity index (χ2v) is 7.86. The molecule has 0 spiro atoms. The Hall–Kier alpha value is -2.47. The molecule has 0 bridgehead atoms. The Bertz CT molecular complexity index is 1040. The van der Waals surface area contributed by atoms with Gasteiger partial charge in [0, 0.05) is 21.1 Å². The Labute approximate surface area is 154 Å². The van der Waals surface area contributed by atoms with Crippen molar-refractivity contribution in [2.45, 2.75) is 26.3 Å². The molecule has 2 aromatic carbocycles. The molecule has 5 nitrogen and oxygen atoms in total. The van der Waals surface area contributed by atoms with Crippen molar-refractivity contribution in [1.82, 2.24) is 24.7 Å². The molecule has 0 aliphatic rings. The summed E-state index contributed by atoms with van der Waals surface area (Å²) in [4.78, 5) is 9.27. The van der Waals surface area contributed by atoms with Crippen LogP contribution in [-0.4, -0.2) is 24.7 Å². The van der Waals surface area contributed by atoms with Crippen LogP contribution in [0.1, 0.15) is 20.8 Å². The topological polar surface area (TPSA) is 59.4 Å². The molecule has 126 valence electrons. The van der Waals surface area contributed by atoms with Gasteiger partial charge in [0.15, 0.2) is 5.82 Å². The van der Waals surface area contributed by atoms with Gasteiger partial charge in [-0.05, 0) is 39.0 Å². The average molecular weight is 396 g/mol. The Balaban J connectivity index is 2.06. The van der Waals surface area contributed by atoms with Gasteiger partial charge in [0.2, 0.25) is 0 Å². The summed E-state index contributed by atoms with van der Waals surface area (Å²) in [6.45, 7) is 6.57. The molecule has 0 aliphatic carbocycles. The first-order chi connectivity index (χ1) is 11.9. The Morgan fingerprint density at radius 3 is 2.48 bits per heavy atom. The van der Waals surface area contributed by atoms with Crippen LogP contribution in [0.4, 0.5) is 0 Å². The zero-order chi connectivity index (χ0) is 17.6. The van der Waals surface area contributed by atoms with E-state index in [0.29, 0.717) is 5.82 Å². The second-order valence-electron chi connectivity index (χ2n) is 6.94. The molecular weight excluding hydrogens is 378 g/mol. The molecule has 0 amide bonds. The van der Waals surface area contributed by atoms with E-state index < -0.39 is 0 Å². The van der Waals surface area contributed by atoms with Crippen molar-refractivity contribution in [2.24, 2.45) is 0 Å². The number of benzene rings is 2. The standard InChI is InChI=1S/C19H18BrN5/c1-19(2,3)25-16-9-8-12(20)10-15(16)23-18(25)14-7-5-4-6-13(14)17-21-11-22-24-17/h4-11H,1-3H3,(H,21,22,24). The van der Waals surface area contributed by atoms with Gasteiger partial charge >= 0.3 is 0 Å². The van der Waals surface area contributed by atoms with Gasteiger partial charge in [0.25, 0.3) is 0 Å². The van der Waals surface area contributed by atoms with E-state index in [1.807, 2.05) is 18.2 Å². The third kappa shape index (κ3) is 2.76. The van der Waals surface area contributed by atoms with Gasteiger partial charge < -0.3 is 4.57 Å². The number of aromatic nitrogens is 5. The van der Waals surface area contributed by atoms with Gasteiger partial charge in [0.05, 0.1) is 11.0 Å². The summed E-state index contributed by atoms with van der Waals surface area (Å²) < 4.78 is 3.30. The quantitative estimate of drug-likeness (QED) is 0.518. The lowest BCUT2D eigenvalue weighted by molar-refractivity contribution is 0.413. The highest BCUT2D eigenvalue weighted by Gasteiger charge is 2.24. The Morgan fingerprint density at radius 1 is 1.04 bits per heavy atom. The van der Waals surface area contributed by atoms with E-state index in [9.17, 15) is 0 Å². The second kappa shape index (κ2) is 5.81. The minimum absolute atomic E-state index is 0.121. The number of fused-ring (bicyclic) bond motifs is 1. The van der Waals surface area contributed by atoms with E-state index in [-0.39, 0.29) is 5.54 Å². The van der Waals surface area contributed by atoms with E-state index in [4.69, 9.17) is 4.98 Å². The first-order valence-electron chi connectivity index (χ1n) is 8.09. The van der Waals surface area contributed by atoms with Crippen molar-refractivity contribution < 1.29 is 0 Å². The predicted octanol–water partition coefficient (Wildman–Crippen LogP) is 5.01. The van der Waals surface area contributed by atoms with E-state index >= 15 is 0 Å². The SMILES string of the molecule is CC(C)(C)n1c(-c2ccccc2-c2nc[nH]n2)nc2cc(Br)ccc21. The summed E-state index contributed by atoms with van der Waals surface area (Å²) in [7, 11) is 0. The minimum Gasteiger partial charge on any atom is -0.319 e. The van der Waals surface area contributed by atoms with Crippen molar-refractivity contribution in [3.8, 4) is 22.8 Å². The summed E-state index contributed by atoms with van der Waals surface area (Å²) in [6, 6.07) is 14.3. The number of hydrogen-bond acceptors (Lipinski definition) is 3. The zero-order valence-corrected chi connectivity index (χ0v) is 15.9. The van der Waals surface area contributed by atoms with Crippen molar-refractivity contribution in [3.05, 3.63) is 53.3 Å². The number of rotatable bonds is 2. The fourth-order valence-corrected chi connectivity index (χ4v) is 3.47. The fraction of sp³-hybridized carbons (Fsp3) is 0.211. The molecule has 4 aromatic rings. The minimum atomic E-state index is -0.121. The molecule has 0 aliphatic heterocycles. The number of H-pyrrole nitrogens is 1. The number of nitrogens with one attached hydrogen (secondary N) is 1. The van der Waals surface area contributed by atoms with Gasteiger partial charge in [-0.2, -0.15) is 5.10 Å². The molecule has 0 saturated carbocycles. The first-order valence-corrected chi connectivity index (χ1v) is 8.88. The molecule has 0 unspecified atom stereocenters. The lowest BCUT2D eigenvalue weighted by Crippen LogP contribution is -2.22. The van der Waals surface area contributed by atoms with Crippen molar-refractivity contribution in [2.75, 3.05) is 0 Å². The molecule has 4 rings (SSSR count). The van der Waals surface area contributed by atoms with Crippen LogP contribution in [0.5, 0.6) is 0 Å². The summed E-state index contributed by atoms with van der Waals surface area (Å²) >= 11 is 3.55. The van der Waals surface area contributed by atoms with Crippen LogP contribution in [-0.2, 0) is 5.54 Å². The molecule has 1 N–H and O–H groups in total. The third-order valence-electron chi connectivity index (χ3n) is 4.11. The Morgan fingerprint density at radius 2 is 1.80 bits per heavy atom. The molecule has 6 heteroatoms. The van der Waals surface area contributed by atoms with Crippen LogP contribution in [0.15, 0.2) is 53.3 Å². The maximum atomic E-state index is 4.95. The third-order valence-corrected chi connectivity index (χ3v) is 4.60. The monoisotopic (exact) mass is 395 g/mol. The van der Waals surface area contributed by atoms with Crippen molar-refractivity contribution >= 4 is 27.0 Å². The van der Waals surface area contributed by atoms with Gasteiger partial charge in [-0.3, -0.25) is 5.10 Å². The molecule has 2 heterocycles. The van der Waals surface area contributed by atoms with E-state index in [1.54, 1.807) is 6.33 Å². The van der Waals surface area contributed by atoms with Crippen molar-refractivity contribution in [3.63, 3.8) is 0 Å². The number of aromatic amines is 1. The van der Waals surface area contributed by atoms with E-state index in [1.165, 1.54) is 0 Å². The normalized spacial score (nSPS) is 12.0. The van der Waals surface area contributed by atoms with Gasteiger partial charge in [0.1, 0.15) is 12.2 Å². The molecule has 0 atom stereocenters. The highest BCUT2D eigenvalue weighted by molar-refractivity contribution is 9.10. The zero-order valence-electron chi connectivity index (χ0n) is 14.3. The maximum Gasteiger partial charge on any atom is 0.181 e. The lowest BCUT2D eigenvalue weighted by Gasteiger charge is -2.25. The summed E-state index contributed by atoms with van der Waals surface area (Å²) in [5.74, 6) is 1.59. The summed E-state index contributed by atoms with van der Waals surface area (Å²) in [5, 5.41) is 7.04. The molecule has 0 radical (unpaired) electrons. The molecular formula is C19H18BrN5. The highest BCUT2D eigenvalue weighted by Crippen LogP contribution is 2.36. The van der Waals surface area contributed by atoms with Gasteiger partial charge in [-0.1, -0.05) is 40.2 Å². The predicted molar refractivity (Wildman–Crippen MR) is 103 cm³/mol. The number of hydrogen-bond donors (Lipinski definition) is 1. The molecule has 0 saturated heterocycles. The average Bonchev–Trinajstić information content (AvgIpc) is 3.21. The van der Waals surface area contributed by atoms with Crippen LogP contribution < -0.4 is 0 Å².